The number of nitrogens with one attached hydrogen (secondary N) is 1. The topological polar surface area (TPSA) is 49.4 Å². The highest BCUT2D eigenvalue weighted by molar-refractivity contribution is 6.12. The summed E-state index contributed by atoms with van der Waals surface area (Å²) in [7, 11) is 0. The van der Waals surface area contributed by atoms with E-state index >= 15 is 0 Å². The number of para-hydroxylation sites is 1. The Hall–Kier alpha value is -1.84. The van der Waals surface area contributed by atoms with Crippen LogP contribution in [0, 0.1) is 0 Å². The van der Waals surface area contributed by atoms with E-state index in [9.17, 15) is 9.59 Å². The van der Waals surface area contributed by atoms with Crippen molar-refractivity contribution in [3.8, 4) is 0 Å². The molecule has 2 rings (SSSR count). The van der Waals surface area contributed by atoms with Crippen molar-refractivity contribution in [1.29, 1.82) is 0 Å². The maximum atomic E-state index is 12.7. The molecule has 102 valence electrons. The van der Waals surface area contributed by atoms with Gasteiger partial charge in [0, 0.05) is 6.54 Å². The molecular formula is C15H20N2O2. The summed E-state index contributed by atoms with van der Waals surface area (Å²) in [5, 5.41) is 2.87. The average molecular weight is 260 g/mol. The van der Waals surface area contributed by atoms with Crippen LogP contribution in [0.15, 0.2) is 24.3 Å². The van der Waals surface area contributed by atoms with Gasteiger partial charge in [-0.2, -0.15) is 0 Å². The van der Waals surface area contributed by atoms with Crippen LogP contribution < -0.4 is 10.2 Å². The lowest BCUT2D eigenvalue weighted by atomic mass is 9.97. The van der Waals surface area contributed by atoms with E-state index in [-0.39, 0.29) is 11.8 Å². The number of carbonyl (C=O) groups excluding carboxylic acids is 2. The third-order valence-electron chi connectivity index (χ3n) is 3.70. The largest absolute Gasteiger partial charge is 0.338 e. The molecule has 0 aliphatic carbocycles. The van der Waals surface area contributed by atoms with Crippen molar-refractivity contribution in [2.45, 2.75) is 39.2 Å². The zero-order chi connectivity index (χ0) is 14.0. The first-order valence-corrected chi connectivity index (χ1v) is 6.77. The Kier molecular flexibility index (Phi) is 3.60. The minimum absolute atomic E-state index is 0.0323. The normalized spacial score (nSPS) is 22.8. The van der Waals surface area contributed by atoms with Gasteiger partial charge in [0.25, 0.3) is 11.8 Å². The summed E-state index contributed by atoms with van der Waals surface area (Å²) in [6.45, 7) is 6.36. The Labute approximate surface area is 113 Å². The molecule has 0 saturated heterocycles. The fraction of sp³-hybridized carbons (Fsp3) is 0.467. The van der Waals surface area contributed by atoms with Crippen LogP contribution in [-0.4, -0.2) is 23.9 Å². The van der Waals surface area contributed by atoms with Crippen LogP contribution in [0.3, 0.4) is 0 Å². The van der Waals surface area contributed by atoms with E-state index in [0.29, 0.717) is 24.2 Å². The molecule has 1 unspecified atom stereocenters. The van der Waals surface area contributed by atoms with Crippen LogP contribution in [0.25, 0.3) is 0 Å². The van der Waals surface area contributed by atoms with Crippen molar-refractivity contribution in [3.63, 3.8) is 0 Å². The number of anilines is 1. The number of fused-ring (bicyclic) bond motifs is 1. The monoisotopic (exact) mass is 260 g/mol. The lowest BCUT2D eigenvalue weighted by Crippen LogP contribution is -2.55. The molecule has 0 radical (unpaired) electrons. The van der Waals surface area contributed by atoms with Crippen molar-refractivity contribution < 1.29 is 9.59 Å². The summed E-state index contributed by atoms with van der Waals surface area (Å²) >= 11 is 0. The third-order valence-corrected chi connectivity index (χ3v) is 3.70. The van der Waals surface area contributed by atoms with Gasteiger partial charge in [-0.3, -0.25) is 9.59 Å². The Morgan fingerprint density at radius 3 is 2.53 bits per heavy atom. The summed E-state index contributed by atoms with van der Waals surface area (Å²) in [5.41, 5.74) is 0.455. The highest BCUT2D eigenvalue weighted by atomic mass is 16.2. The van der Waals surface area contributed by atoms with Crippen LogP contribution in [0.2, 0.25) is 0 Å². The summed E-state index contributed by atoms with van der Waals surface area (Å²) in [6, 6.07) is 7.28. The number of nitrogens with zero attached hydrogens (tertiary/aromatic N) is 1. The van der Waals surface area contributed by atoms with Gasteiger partial charge in [-0.25, -0.2) is 0 Å². The van der Waals surface area contributed by atoms with Crippen LogP contribution in [-0.2, 0) is 4.79 Å². The van der Waals surface area contributed by atoms with E-state index < -0.39 is 5.54 Å². The van der Waals surface area contributed by atoms with E-state index in [1.165, 1.54) is 0 Å². The van der Waals surface area contributed by atoms with Gasteiger partial charge < -0.3 is 10.2 Å². The molecule has 1 heterocycles. The summed E-state index contributed by atoms with van der Waals surface area (Å²) < 4.78 is 0. The van der Waals surface area contributed by atoms with E-state index in [1.807, 2.05) is 32.0 Å². The summed E-state index contributed by atoms with van der Waals surface area (Å²) in [5.74, 6) is -0.206. The molecule has 0 aromatic heterocycles. The number of hydrogen-bond donors (Lipinski definition) is 1. The summed E-state index contributed by atoms with van der Waals surface area (Å²) in [4.78, 5) is 26.7. The lowest BCUT2D eigenvalue weighted by molar-refractivity contribution is -0.124. The molecule has 1 atom stereocenters. The van der Waals surface area contributed by atoms with Crippen molar-refractivity contribution in [2.24, 2.45) is 0 Å². The van der Waals surface area contributed by atoms with E-state index in [4.69, 9.17) is 0 Å². The minimum atomic E-state index is -0.828. The van der Waals surface area contributed by atoms with Gasteiger partial charge in [0.1, 0.15) is 5.54 Å². The molecule has 1 aromatic rings. The Morgan fingerprint density at radius 1 is 1.21 bits per heavy atom. The molecule has 1 aliphatic rings. The molecule has 1 aliphatic heterocycles. The molecule has 0 fully saturated rings. The first-order chi connectivity index (χ1) is 9.03. The predicted octanol–water partition coefficient (Wildman–Crippen LogP) is 2.34. The van der Waals surface area contributed by atoms with Crippen molar-refractivity contribution in [3.05, 3.63) is 29.8 Å². The highest BCUT2D eigenvalue weighted by Gasteiger charge is 2.41. The van der Waals surface area contributed by atoms with E-state index in [1.54, 1.807) is 17.9 Å². The van der Waals surface area contributed by atoms with E-state index in [0.717, 1.165) is 6.42 Å². The maximum absolute atomic E-state index is 12.7. The second kappa shape index (κ2) is 5.03. The fourth-order valence-corrected chi connectivity index (χ4v) is 2.36. The van der Waals surface area contributed by atoms with Gasteiger partial charge in [0.05, 0.1) is 11.3 Å². The Balaban J connectivity index is 2.57. The molecule has 1 N–H and O–H groups in total. The molecule has 0 bridgehead atoms. The third kappa shape index (κ3) is 2.23. The molecule has 19 heavy (non-hydrogen) atoms. The van der Waals surface area contributed by atoms with Crippen molar-refractivity contribution in [2.75, 3.05) is 11.4 Å². The fourth-order valence-electron chi connectivity index (χ4n) is 2.36. The molecule has 1 aromatic carbocycles. The van der Waals surface area contributed by atoms with Crippen LogP contribution in [0.1, 0.15) is 44.0 Å². The number of carbonyl (C=O) groups is 2. The van der Waals surface area contributed by atoms with Crippen molar-refractivity contribution in [1.82, 2.24) is 5.32 Å². The SMILES string of the molecule is CCCN1C(=O)C(C)(CC)NC(=O)c2ccccc21. The van der Waals surface area contributed by atoms with Gasteiger partial charge >= 0.3 is 0 Å². The highest BCUT2D eigenvalue weighted by Crippen LogP contribution is 2.28. The molecule has 4 nitrogen and oxygen atoms in total. The van der Waals surface area contributed by atoms with E-state index in [2.05, 4.69) is 5.32 Å². The van der Waals surface area contributed by atoms with Gasteiger partial charge in [-0.05, 0) is 31.9 Å². The van der Waals surface area contributed by atoms with Crippen LogP contribution in [0.4, 0.5) is 5.69 Å². The smallest absolute Gasteiger partial charge is 0.254 e. The van der Waals surface area contributed by atoms with Gasteiger partial charge in [-0.1, -0.05) is 26.0 Å². The second-order valence-corrected chi connectivity index (χ2v) is 5.11. The average Bonchev–Trinajstić information content (AvgIpc) is 2.50. The first kappa shape index (κ1) is 13.6. The Morgan fingerprint density at radius 2 is 1.89 bits per heavy atom. The lowest BCUT2D eigenvalue weighted by Gasteiger charge is -2.31. The molecule has 0 saturated carbocycles. The molecule has 0 spiro atoms. The molecule has 2 amide bonds. The predicted molar refractivity (Wildman–Crippen MR) is 75.2 cm³/mol. The Bertz CT molecular complexity index is 513. The van der Waals surface area contributed by atoms with Gasteiger partial charge in [-0.15, -0.1) is 0 Å². The zero-order valence-electron chi connectivity index (χ0n) is 11.7. The number of benzene rings is 1. The molecule has 4 heteroatoms. The van der Waals surface area contributed by atoms with Crippen LogP contribution in [0.5, 0.6) is 0 Å². The second-order valence-electron chi connectivity index (χ2n) is 5.11. The molecular weight excluding hydrogens is 240 g/mol. The quantitative estimate of drug-likeness (QED) is 0.907. The van der Waals surface area contributed by atoms with Gasteiger partial charge in [0.2, 0.25) is 0 Å². The first-order valence-electron chi connectivity index (χ1n) is 6.77. The number of rotatable bonds is 3. The zero-order valence-corrected chi connectivity index (χ0v) is 11.7. The number of hydrogen-bond acceptors (Lipinski definition) is 2. The van der Waals surface area contributed by atoms with Gasteiger partial charge in [0.15, 0.2) is 0 Å². The summed E-state index contributed by atoms with van der Waals surface area (Å²) in [6.07, 6.45) is 1.43. The number of amides is 2. The van der Waals surface area contributed by atoms with Crippen LogP contribution >= 0.6 is 0 Å². The van der Waals surface area contributed by atoms with Crippen molar-refractivity contribution >= 4 is 17.5 Å². The maximum Gasteiger partial charge on any atom is 0.254 e. The standard InChI is InChI=1S/C15H20N2O2/c1-4-10-17-12-9-7-6-8-11(12)13(18)16-15(3,5-2)14(17)19/h6-9H,4-5,10H2,1-3H3,(H,16,18). The minimum Gasteiger partial charge on any atom is -0.338 e.